The fraction of sp³-hybridized carbons (Fsp3) is 0.262. The lowest BCUT2D eigenvalue weighted by Crippen LogP contribution is -1.95. The lowest BCUT2D eigenvalue weighted by atomic mass is 9.95. The van der Waals surface area contributed by atoms with E-state index < -0.39 is 0 Å². The highest BCUT2D eigenvalue weighted by atomic mass is 15.0. The first-order chi connectivity index (χ1) is 32.7. The summed E-state index contributed by atoms with van der Waals surface area (Å²) in [6, 6.07) is 61.3. The van der Waals surface area contributed by atoms with Crippen LogP contribution >= 0.6 is 0 Å². The Bertz CT molecular complexity index is 3120. The molecular formula is C65H64N2. The van der Waals surface area contributed by atoms with Crippen LogP contribution in [0.4, 0.5) is 0 Å². The quantitative estimate of drug-likeness (QED) is 0.116. The van der Waals surface area contributed by atoms with Crippen LogP contribution in [0.3, 0.4) is 0 Å². The van der Waals surface area contributed by atoms with Crippen molar-refractivity contribution in [3.63, 3.8) is 0 Å². The molecule has 10 aromatic rings. The van der Waals surface area contributed by atoms with Crippen LogP contribution in [0.25, 0.3) is 88.4 Å². The Labute approximate surface area is 397 Å². The lowest BCUT2D eigenvalue weighted by Gasteiger charge is -2.13. The lowest BCUT2D eigenvalue weighted by molar-refractivity contribution is 0.734. The highest BCUT2D eigenvalue weighted by molar-refractivity contribution is 6.11. The molecule has 0 spiro atoms. The molecule has 67 heavy (non-hydrogen) atoms. The van der Waals surface area contributed by atoms with Gasteiger partial charge in [0.05, 0.1) is 22.1 Å². The number of hydrogen-bond donors (Lipinski definition) is 0. The minimum absolute atomic E-state index is 0.530. The van der Waals surface area contributed by atoms with Gasteiger partial charge in [-0.25, -0.2) is 0 Å². The number of benzene rings is 8. The Kier molecular flexibility index (Phi) is 11.0. The Morgan fingerprint density at radius 1 is 0.328 bits per heavy atom. The molecule has 0 bridgehead atoms. The number of fused-ring (bicyclic) bond motifs is 9. The van der Waals surface area contributed by atoms with E-state index in [1.165, 1.54) is 122 Å². The van der Waals surface area contributed by atoms with E-state index >= 15 is 0 Å². The van der Waals surface area contributed by atoms with Gasteiger partial charge in [-0.05, 0) is 207 Å². The van der Waals surface area contributed by atoms with Crippen LogP contribution in [0.2, 0.25) is 0 Å². The Morgan fingerprint density at radius 2 is 0.612 bits per heavy atom. The predicted molar refractivity (Wildman–Crippen MR) is 289 cm³/mol. The van der Waals surface area contributed by atoms with E-state index in [0.717, 1.165) is 32.1 Å². The second kappa shape index (κ2) is 17.2. The third-order valence-electron chi connectivity index (χ3n) is 16.2. The maximum absolute atomic E-state index is 2.47. The van der Waals surface area contributed by atoms with Gasteiger partial charge in [-0.15, -0.1) is 0 Å². The zero-order chi connectivity index (χ0) is 46.1. The highest BCUT2D eigenvalue weighted by Crippen LogP contribution is 2.43. The van der Waals surface area contributed by atoms with Crippen molar-refractivity contribution in [1.82, 2.24) is 9.13 Å². The molecule has 2 heteroatoms. The molecule has 11 rings (SSSR count). The number of rotatable bonds is 12. The van der Waals surface area contributed by atoms with Crippen LogP contribution in [0.5, 0.6) is 0 Å². The van der Waals surface area contributed by atoms with Crippen LogP contribution in [-0.4, -0.2) is 9.13 Å². The third kappa shape index (κ3) is 7.32. The molecule has 2 aromatic heterocycles. The molecule has 0 aliphatic heterocycles. The third-order valence-corrected chi connectivity index (χ3v) is 16.2. The first-order valence-corrected chi connectivity index (χ1v) is 25.3. The molecule has 4 atom stereocenters. The van der Waals surface area contributed by atoms with Gasteiger partial charge in [-0.1, -0.05) is 128 Å². The van der Waals surface area contributed by atoms with Gasteiger partial charge in [0.2, 0.25) is 0 Å². The zero-order valence-electron chi connectivity index (χ0n) is 40.8. The van der Waals surface area contributed by atoms with Gasteiger partial charge < -0.3 is 9.13 Å². The molecule has 0 amide bonds. The van der Waals surface area contributed by atoms with Crippen LogP contribution < -0.4 is 0 Å². The monoisotopic (exact) mass is 873 g/mol. The molecule has 2 nitrogen and oxygen atoms in total. The average molecular weight is 873 g/mol. The van der Waals surface area contributed by atoms with Crippen molar-refractivity contribution in [2.45, 2.75) is 111 Å². The van der Waals surface area contributed by atoms with Crippen molar-refractivity contribution >= 4 is 43.6 Å². The second-order valence-corrected chi connectivity index (χ2v) is 20.0. The van der Waals surface area contributed by atoms with Gasteiger partial charge >= 0.3 is 0 Å². The predicted octanol–water partition coefficient (Wildman–Crippen LogP) is 18.8. The molecule has 0 saturated heterocycles. The van der Waals surface area contributed by atoms with E-state index in [1.54, 1.807) is 0 Å². The van der Waals surface area contributed by atoms with Gasteiger partial charge in [-0.2, -0.15) is 0 Å². The highest BCUT2D eigenvalue weighted by Gasteiger charge is 2.22. The summed E-state index contributed by atoms with van der Waals surface area (Å²) in [4.78, 5) is 0. The van der Waals surface area contributed by atoms with E-state index in [9.17, 15) is 0 Å². The fourth-order valence-electron chi connectivity index (χ4n) is 11.0. The van der Waals surface area contributed by atoms with Crippen molar-refractivity contribution in [2.24, 2.45) is 0 Å². The van der Waals surface area contributed by atoms with Crippen molar-refractivity contribution in [1.29, 1.82) is 0 Å². The molecule has 0 N–H and O–H groups in total. The van der Waals surface area contributed by atoms with Crippen LogP contribution in [-0.2, 0) is 6.42 Å². The summed E-state index contributed by atoms with van der Waals surface area (Å²) in [6.45, 7) is 18.5. The zero-order valence-corrected chi connectivity index (χ0v) is 40.8. The molecule has 4 unspecified atom stereocenters. The minimum Gasteiger partial charge on any atom is -0.309 e. The van der Waals surface area contributed by atoms with Crippen molar-refractivity contribution in [2.75, 3.05) is 0 Å². The molecule has 1 aliphatic carbocycles. The summed E-state index contributed by atoms with van der Waals surface area (Å²) in [5.74, 6) is 2.12. The van der Waals surface area contributed by atoms with Crippen molar-refractivity contribution in [3.05, 3.63) is 191 Å². The normalized spacial score (nSPS) is 14.2. The molecular weight excluding hydrogens is 809 g/mol. The van der Waals surface area contributed by atoms with Gasteiger partial charge in [-0.3, -0.25) is 0 Å². The van der Waals surface area contributed by atoms with E-state index in [4.69, 9.17) is 0 Å². The summed E-state index contributed by atoms with van der Waals surface area (Å²) in [5, 5.41) is 5.40. The number of nitrogens with zero attached hydrogens (tertiary/aromatic N) is 2. The Balaban J connectivity index is 0.912. The molecule has 0 saturated carbocycles. The van der Waals surface area contributed by atoms with Crippen LogP contribution in [0, 0.1) is 0 Å². The summed E-state index contributed by atoms with van der Waals surface area (Å²) in [5.41, 5.74) is 23.7. The van der Waals surface area contributed by atoms with Gasteiger partial charge in [0.15, 0.2) is 0 Å². The van der Waals surface area contributed by atoms with Crippen LogP contribution in [0.1, 0.15) is 138 Å². The maximum atomic E-state index is 2.47. The van der Waals surface area contributed by atoms with Gasteiger partial charge in [0.1, 0.15) is 0 Å². The minimum atomic E-state index is 0.530. The van der Waals surface area contributed by atoms with E-state index in [-0.39, 0.29) is 0 Å². The molecule has 334 valence electrons. The summed E-state index contributed by atoms with van der Waals surface area (Å²) in [6.07, 6.45) is 5.52. The molecule has 8 aromatic carbocycles. The second-order valence-electron chi connectivity index (χ2n) is 20.0. The number of aromatic nitrogens is 2. The smallest absolute Gasteiger partial charge is 0.0541 e. The average Bonchev–Trinajstić information content (AvgIpc) is 4.03. The summed E-state index contributed by atoms with van der Waals surface area (Å²) < 4.78 is 4.94. The SMILES string of the molecule is CCC(C)c1ccc2c(c1)c1cc(C(C)CC)ccc1n2-c1ccc(-c2ccc3c(c2)-c2cc(-c4ccc(-n5c6ccc(C(C)CC)cc6c6cc(C(C)CC)ccc65)cc4)ccc2C3)cc1. The summed E-state index contributed by atoms with van der Waals surface area (Å²) >= 11 is 0. The molecule has 1 aliphatic rings. The standard InChI is InChI=1S/C65H64N2/c1-9-40(5)46-21-29-62-58(34-46)59-35-47(41(6)10-2)22-30-63(59)66(62)54-25-17-44(18-26-54)50-13-15-52-33-53-16-14-51(39-57(53)56(52)38-50)45-19-27-55(28-20-45)67-64-31-23-48(42(7)11-3)36-60(64)61-37-49(43(8)12-4)24-32-65(61)67/h13-32,34-43H,9-12,33H2,1-8H3. The Morgan fingerprint density at radius 3 is 0.896 bits per heavy atom. The maximum Gasteiger partial charge on any atom is 0.0541 e. The Hall–Kier alpha value is -6.64. The van der Waals surface area contributed by atoms with Gasteiger partial charge in [0.25, 0.3) is 0 Å². The van der Waals surface area contributed by atoms with Crippen molar-refractivity contribution < 1.29 is 0 Å². The molecule has 0 fully saturated rings. The van der Waals surface area contributed by atoms with E-state index in [1.807, 2.05) is 0 Å². The topological polar surface area (TPSA) is 9.86 Å². The van der Waals surface area contributed by atoms with Crippen LogP contribution in [0.15, 0.2) is 158 Å². The first-order valence-electron chi connectivity index (χ1n) is 25.3. The fourth-order valence-corrected chi connectivity index (χ4v) is 11.0. The largest absolute Gasteiger partial charge is 0.309 e. The number of hydrogen-bond acceptors (Lipinski definition) is 0. The van der Waals surface area contributed by atoms with Gasteiger partial charge in [0, 0.05) is 32.9 Å². The van der Waals surface area contributed by atoms with E-state index in [2.05, 4.69) is 222 Å². The summed E-state index contributed by atoms with van der Waals surface area (Å²) in [7, 11) is 0. The molecule has 0 radical (unpaired) electrons. The molecule has 2 heterocycles. The van der Waals surface area contributed by atoms with Crippen molar-refractivity contribution in [3.8, 4) is 44.8 Å². The first kappa shape index (κ1) is 43.0. The van der Waals surface area contributed by atoms with E-state index in [0.29, 0.717) is 23.7 Å².